The second kappa shape index (κ2) is 7.85. The molecular weight excluding hydrogens is 407 g/mol. The molecule has 0 bridgehead atoms. The number of amides is 1. The van der Waals surface area contributed by atoms with E-state index in [1.165, 1.54) is 29.5 Å². The summed E-state index contributed by atoms with van der Waals surface area (Å²) in [7, 11) is 0. The minimum absolute atomic E-state index is 0.0204. The van der Waals surface area contributed by atoms with Gasteiger partial charge in [0.05, 0.1) is 9.47 Å². The number of carbonyl (C=O) groups excluding carboxylic acids is 1. The topological polar surface area (TPSA) is 38.3 Å². The summed E-state index contributed by atoms with van der Waals surface area (Å²) in [6.07, 6.45) is -1.52. The van der Waals surface area contributed by atoms with Gasteiger partial charge in [-0.2, -0.15) is 13.2 Å². The number of alkyl halides is 3. The van der Waals surface area contributed by atoms with Gasteiger partial charge < -0.3 is 10.1 Å². The zero-order valence-corrected chi connectivity index (χ0v) is 14.9. The third-order valence-corrected chi connectivity index (χ3v) is 4.37. The predicted octanol–water partition coefficient (Wildman–Crippen LogP) is 5.41. The molecule has 0 fully saturated rings. The Kier molecular flexibility index (Phi) is 6.06. The summed E-state index contributed by atoms with van der Waals surface area (Å²) >= 11 is 4.77. The van der Waals surface area contributed by atoms with E-state index in [4.69, 9.17) is 4.74 Å². The highest BCUT2D eigenvalue weighted by Gasteiger charge is 2.28. The maximum atomic E-state index is 12.3. The van der Waals surface area contributed by atoms with Crippen LogP contribution in [-0.4, -0.2) is 18.7 Å². The number of ether oxygens (including phenoxy) is 1. The molecule has 2 rings (SSSR count). The fourth-order valence-corrected chi connectivity index (χ4v) is 3.09. The third kappa shape index (κ3) is 6.01. The largest absolute Gasteiger partial charge is 0.482 e. The van der Waals surface area contributed by atoms with Crippen molar-refractivity contribution in [3.63, 3.8) is 0 Å². The third-order valence-electron chi connectivity index (χ3n) is 2.78. The van der Waals surface area contributed by atoms with Gasteiger partial charge in [-0.05, 0) is 58.8 Å². The first kappa shape index (κ1) is 18.5. The van der Waals surface area contributed by atoms with Crippen molar-refractivity contribution < 1.29 is 22.7 Å². The van der Waals surface area contributed by atoms with Crippen molar-refractivity contribution >= 4 is 44.9 Å². The van der Waals surface area contributed by atoms with Gasteiger partial charge in [0.15, 0.2) is 6.61 Å². The maximum absolute atomic E-state index is 12.3. The van der Waals surface area contributed by atoms with Crippen molar-refractivity contribution in [1.29, 1.82) is 0 Å². The molecule has 1 heterocycles. The van der Waals surface area contributed by atoms with Crippen LogP contribution in [0.2, 0.25) is 0 Å². The number of nitrogens with one attached hydrogen (secondary N) is 1. The first-order valence-electron chi connectivity index (χ1n) is 6.77. The molecule has 1 aromatic carbocycles. The van der Waals surface area contributed by atoms with Crippen molar-refractivity contribution in [2.45, 2.75) is 13.1 Å². The number of rotatable bonds is 5. The fraction of sp³-hybridized carbons (Fsp3) is 0.188. The van der Waals surface area contributed by atoms with Gasteiger partial charge >= 0.3 is 6.18 Å². The zero-order valence-electron chi connectivity index (χ0n) is 12.5. The number of benzene rings is 1. The number of thiophene rings is 1. The molecule has 128 valence electrons. The van der Waals surface area contributed by atoms with Gasteiger partial charge in [-0.1, -0.05) is 6.07 Å². The van der Waals surface area contributed by atoms with Crippen LogP contribution in [0, 0.1) is 6.92 Å². The van der Waals surface area contributed by atoms with Crippen LogP contribution in [0.25, 0.3) is 6.08 Å². The van der Waals surface area contributed by atoms with E-state index >= 15 is 0 Å². The molecule has 0 aliphatic heterocycles. The lowest BCUT2D eigenvalue weighted by atomic mass is 10.2. The van der Waals surface area contributed by atoms with Crippen LogP contribution in [0.15, 0.2) is 40.2 Å². The van der Waals surface area contributed by atoms with E-state index in [1.807, 2.05) is 12.1 Å². The molecule has 0 radical (unpaired) electrons. The zero-order chi connectivity index (χ0) is 17.7. The quantitative estimate of drug-likeness (QED) is 0.657. The van der Waals surface area contributed by atoms with Crippen molar-refractivity contribution in [3.05, 3.63) is 50.6 Å². The van der Waals surface area contributed by atoms with Crippen molar-refractivity contribution in [3.8, 4) is 5.75 Å². The van der Waals surface area contributed by atoms with E-state index in [0.29, 0.717) is 0 Å². The first-order valence-corrected chi connectivity index (χ1v) is 8.38. The Balaban J connectivity index is 2.07. The fourth-order valence-electron chi connectivity index (χ4n) is 1.76. The van der Waals surface area contributed by atoms with Crippen LogP contribution in [0.4, 0.5) is 18.9 Å². The van der Waals surface area contributed by atoms with Crippen LogP contribution in [0.1, 0.15) is 10.4 Å². The van der Waals surface area contributed by atoms with Gasteiger partial charge in [-0.3, -0.25) is 4.79 Å². The number of halogens is 4. The number of hydrogen-bond donors (Lipinski definition) is 1. The van der Waals surface area contributed by atoms with Crippen LogP contribution in [0.3, 0.4) is 0 Å². The number of anilines is 1. The van der Waals surface area contributed by atoms with E-state index in [1.54, 1.807) is 19.1 Å². The molecule has 0 unspecified atom stereocenters. The smallest absolute Gasteiger partial charge is 0.422 e. The Morgan fingerprint density at radius 3 is 2.71 bits per heavy atom. The van der Waals surface area contributed by atoms with E-state index < -0.39 is 18.7 Å². The van der Waals surface area contributed by atoms with Gasteiger partial charge in [-0.15, -0.1) is 11.3 Å². The highest BCUT2D eigenvalue weighted by molar-refractivity contribution is 9.11. The maximum Gasteiger partial charge on any atom is 0.422 e. The lowest BCUT2D eigenvalue weighted by Gasteiger charge is -2.14. The molecule has 24 heavy (non-hydrogen) atoms. The normalized spacial score (nSPS) is 11.7. The van der Waals surface area contributed by atoms with Gasteiger partial charge in [0.25, 0.3) is 0 Å². The Hall–Kier alpha value is -1.80. The standard InChI is InChI=1S/C16H13BrF3NO2S/c1-10-2-5-12(13(8-10)23-9-16(18,19)20)21-15(22)7-4-11-3-6-14(17)24-11/h2-8H,9H2,1H3,(H,21,22). The molecule has 2 aromatic rings. The Morgan fingerprint density at radius 1 is 1.33 bits per heavy atom. The minimum atomic E-state index is -4.45. The minimum Gasteiger partial charge on any atom is -0.482 e. The Labute approximate surface area is 149 Å². The predicted molar refractivity (Wildman–Crippen MR) is 92.4 cm³/mol. The second-order valence-corrected chi connectivity index (χ2v) is 7.36. The summed E-state index contributed by atoms with van der Waals surface area (Å²) < 4.78 is 42.7. The number of aryl methyl sites for hydroxylation is 1. The highest BCUT2D eigenvalue weighted by atomic mass is 79.9. The van der Waals surface area contributed by atoms with Crippen LogP contribution >= 0.6 is 27.3 Å². The molecule has 0 saturated carbocycles. The average molecular weight is 420 g/mol. The van der Waals surface area contributed by atoms with Gasteiger partial charge in [0.2, 0.25) is 5.91 Å². The van der Waals surface area contributed by atoms with E-state index in [9.17, 15) is 18.0 Å². The van der Waals surface area contributed by atoms with Crippen molar-refractivity contribution in [2.24, 2.45) is 0 Å². The van der Waals surface area contributed by atoms with E-state index in [2.05, 4.69) is 21.2 Å². The number of carbonyl (C=O) groups is 1. The van der Waals surface area contributed by atoms with Crippen LogP contribution < -0.4 is 10.1 Å². The summed E-state index contributed by atoms with van der Waals surface area (Å²) in [4.78, 5) is 12.8. The summed E-state index contributed by atoms with van der Waals surface area (Å²) in [6.45, 7) is 0.305. The summed E-state index contributed by atoms with van der Waals surface area (Å²) in [5, 5.41) is 2.53. The average Bonchev–Trinajstić information content (AvgIpc) is 2.90. The Bertz CT molecular complexity index is 756. The molecule has 8 heteroatoms. The molecule has 0 aliphatic rings. The lowest BCUT2D eigenvalue weighted by Crippen LogP contribution is -2.20. The molecule has 1 N–H and O–H groups in total. The lowest BCUT2D eigenvalue weighted by molar-refractivity contribution is -0.153. The molecule has 0 saturated heterocycles. The Morgan fingerprint density at radius 2 is 2.08 bits per heavy atom. The molecule has 3 nitrogen and oxygen atoms in total. The van der Waals surface area contributed by atoms with Crippen molar-refractivity contribution in [1.82, 2.24) is 0 Å². The van der Waals surface area contributed by atoms with Crippen LogP contribution in [-0.2, 0) is 4.79 Å². The van der Waals surface area contributed by atoms with E-state index in [0.717, 1.165) is 14.2 Å². The van der Waals surface area contributed by atoms with Gasteiger partial charge in [-0.25, -0.2) is 0 Å². The SMILES string of the molecule is Cc1ccc(NC(=O)C=Cc2ccc(Br)s2)c(OCC(F)(F)F)c1. The van der Waals surface area contributed by atoms with Gasteiger partial charge in [0.1, 0.15) is 5.75 Å². The van der Waals surface area contributed by atoms with Crippen molar-refractivity contribution in [2.75, 3.05) is 11.9 Å². The monoisotopic (exact) mass is 419 g/mol. The summed E-state index contributed by atoms with van der Waals surface area (Å²) in [6, 6.07) is 8.32. The molecule has 0 spiro atoms. The second-order valence-electron chi connectivity index (χ2n) is 4.87. The molecular formula is C16H13BrF3NO2S. The van der Waals surface area contributed by atoms with E-state index in [-0.39, 0.29) is 11.4 Å². The molecule has 1 amide bonds. The summed E-state index contributed by atoms with van der Waals surface area (Å²) in [5.41, 5.74) is 0.913. The first-order chi connectivity index (χ1) is 11.2. The molecule has 0 aliphatic carbocycles. The summed E-state index contributed by atoms with van der Waals surface area (Å²) in [5.74, 6) is -0.479. The molecule has 0 atom stereocenters. The molecule has 1 aromatic heterocycles. The number of hydrogen-bond acceptors (Lipinski definition) is 3. The highest BCUT2D eigenvalue weighted by Crippen LogP contribution is 2.28. The van der Waals surface area contributed by atoms with Gasteiger partial charge in [0, 0.05) is 11.0 Å². The van der Waals surface area contributed by atoms with Crippen LogP contribution in [0.5, 0.6) is 5.75 Å².